The Morgan fingerprint density at radius 1 is 1.17 bits per heavy atom. The summed E-state index contributed by atoms with van der Waals surface area (Å²) >= 11 is 7.83. The summed E-state index contributed by atoms with van der Waals surface area (Å²) in [5.74, 6) is 7.44. The molecule has 94 valence electrons. The van der Waals surface area contributed by atoms with Crippen LogP contribution in [0, 0.1) is 0 Å². The van der Waals surface area contributed by atoms with Gasteiger partial charge < -0.3 is 5.43 Å². The molecule has 1 aromatic heterocycles. The van der Waals surface area contributed by atoms with Crippen LogP contribution in [0.15, 0.2) is 36.7 Å². The number of nitrogens with one attached hydrogen (secondary N) is 1. The van der Waals surface area contributed by atoms with Gasteiger partial charge in [-0.15, -0.1) is 0 Å². The highest BCUT2D eigenvalue weighted by Gasteiger charge is 2.01. The zero-order chi connectivity index (χ0) is 12.8. The van der Waals surface area contributed by atoms with E-state index in [2.05, 4.69) is 15.4 Å². The molecule has 3 N–H and O–H groups in total. The molecule has 0 saturated heterocycles. The summed E-state index contributed by atoms with van der Waals surface area (Å²) in [5.41, 5.74) is 4.50. The number of benzene rings is 1. The third-order valence-electron chi connectivity index (χ3n) is 2.32. The van der Waals surface area contributed by atoms with Crippen molar-refractivity contribution in [3.63, 3.8) is 0 Å². The van der Waals surface area contributed by atoms with Crippen molar-refractivity contribution < 1.29 is 0 Å². The van der Waals surface area contributed by atoms with Crippen LogP contribution in [0.1, 0.15) is 11.3 Å². The Kier molecular flexibility index (Phi) is 4.81. The molecule has 4 nitrogen and oxygen atoms in total. The maximum absolute atomic E-state index is 6.08. The third-order valence-corrected chi connectivity index (χ3v) is 3.70. The summed E-state index contributed by atoms with van der Waals surface area (Å²) in [5, 5.41) is 0.804. The lowest BCUT2D eigenvalue weighted by molar-refractivity contribution is 1.08. The van der Waals surface area contributed by atoms with E-state index in [0.717, 1.165) is 27.8 Å². The van der Waals surface area contributed by atoms with Crippen molar-refractivity contribution in [1.29, 1.82) is 0 Å². The van der Waals surface area contributed by atoms with Gasteiger partial charge in [0.15, 0.2) is 5.82 Å². The Labute approximate surface area is 115 Å². The van der Waals surface area contributed by atoms with Gasteiger partial charge in [-0.25, -0.2) is 10.8 Å². The van der Waals surface area contributed by atoms with Crippen LogP contribution < -0.4 is 11.3 Å². The summed E-state index contributed by atoms with van der Waals surface area (Å²) < 4.78 is 0. The van der Waals surface area contributed by atoms with E-state index < -0.39 is 0 Å². The molecule has 2 rings (SSSR count). The number of nitrogen functional groups attached to an aromatic ring is 1. The zero-order valence-corrected chi connectivity index (χ0v) is 11.2. The number of nitrogens with two attached hydrogens (primary N) is 1. The molecule has 0 atom stereocenters. The topological polar surface area (TPSA) is 63.8 Å². The van der Waals surface area contributed by atoms with Gasteiger partial charge in [0.25, 0.3) is 0 Å². The first kappa shape index (κ1) is 13.1. The Balaban J connectivity index is 1.86. The fourth-order valence-corrected chi connectivity index (χ4v) is 2.60. The molecule has 1 heterocycles. The fraction of sp³-hybridized carbons (Fsp3) is 0.167. The average molecular weight is 281 g/mol. The van der Waals surface area contributed by atoms with Crippen molar-refractivity contribution in [3.8, 4) is 0 Å². The average Bonchev–Trinajstić information content (AvgIpc) is 2.42. The Morgan fingerprint density at radius 2 is 2.00 bits per heavy atom. The van der Waals surface area contributed by atoms with E-state index in [1.165, 1.54) is 0 Å². The second-order valence-electron chi connectivity index (χ2n) is 3.62. The lowest BCUT2D eigenvalue weighted by Crippen LogP contribution is -2.08. The van der Waals surface area contributed by atoms with Gasteiger partial charge in [0.1, 0.15) is 0 Å². The second kappa shape index (κ2) is 6.58. The molecule has 0 aliphatic heterocycles. The van der Waals surface area contributed by atoms with Gasteiger partial charge in [0, 0.05) is 16.5 Å². The molecule has 0 radical (unpaired) electrons. The molecule has 0 unspecified atom stereocenters. The Bertz CT molecular complexity index is 504. The first-order chi connectivity index (χ1) is 8.79. The van der Waals surface area contributed by atoms with Crippen LogP contribution in [-0.4, -0.2) is 9.97 Å². The molecule has 18 heavy (non-hydrogen) atoms. The van der Waals surface area contributed by atoms with Gasteiger partial charge in [0.2, 0.25) is 0 Å². The lowest BCUT2D eigenvalue weighted by Gasteiger charge is -2.04. The number of hydrogen-bond donors (Lipinski definition) is 2. The lowest BCUT2D eigenvalue weighted by atomic mass is 10.2. The number of aromatic nitrogens is 2. The number of rotatable bonds is 5. The van der Waals surface area contributed by atoms with Gasteiger partial charge in [-0.2, -0.15) is 11.8 Å². The third kappa shape index (κ3) is 3.60. The van der Waals surface area contributed by atoms with E-state index in [1.807, 2.05) is 24.3 Å². The predicted octanol–water partition coefficient (Wildman–Crippen LogP) is 2.85. The van der Waals surface area contributed by atoms with Crippen molar-refractivity contribution >= 4 is 29.2 Å². The van der Waals surface area contributed by atoms with Gasteiger partial charge in [-0.05, 0) is 11.6 Å². The molecular formula is C12H13ClN4S. The van der Waals surface area contributed by atoms with Gasteiger partial charge in [-0.1, -0.05) is 29.8 Å². The molecular weight excluding hydrogens is 268 g/mol. The highest BCUT2D eigenvalue weighted by Crippen LogP contribution is 2.22. The van der Waals surface area contributed by atoms with Gasteiger partial charge in [0.05, 0.1) is 18.1 Å². The van der Waals surface area contributed by atoms with Crippen LogP contribution in [0.5, 0.6) is 0 Å². The summed E-state index contributed by atoms with van der Waals surface area (Å²) in [6.45, 7) is 0. The van der Waals surface area contributed by atoms with Crippen molar-refractivity contribution in [2.45, 2.75) is 11.5 Å². The highest BCUT2D eigenvalue weighted by molar-refractivity contribution is 7.97. The summed E-state index contributed by atoms with van der Waals surface area (Å²) in [4.78, 5) is 8.35. The van der Waals surface area contributed by atoms with E-state index in [-0.39, 0.29) is 0 Å². The van der Waals surface area contributed by atoms with Gasteiger partial charge in [-0.3, -0.25) is 4.98 Å². The van der Waals surface area contributed by atoms with E-state index in [1.54, 1.807) is 24.2 Å². The minimum Gasteiger partial charge on any atom is -0.307 e. The van der Waals surface area contributed by atoms with Crippen LogP contribution in [0.3, 0.4) is 0 Å². The molecule has 6 heteroatoms. The number of anilines is 1. The monoisotopic (exact) mass is 280 g/mol. The number of hydrazine groups is 1. The first-order valence-electron chi connectivity index (χ1n) is 5.38. The van der Waals surface area contributed by atoms with Crippen LogP contribution in [0.2, 0.25) is 5.02 Å². The maximum atomic E-state index is 6.08. The normalized spacial score (nSPS) is 10.3. The molecule has 0 fully saturated rings. The van der Waals surface area contributed by atoms with Crippen LogP contribution >= 0.6 is 23.4 Å². The molecule has 0 amide bonds. The summed E-state index contributed by atoms with van der Waals surface area (Å²) in [6.07, 6.45) is 3.33. The van der Waals surface area contributed by atoms with E-state index in [9.17, 15) is 0 Å². The number of hydrogen-bond acceptors (Lipinski definition) is 5. The van der Waals surface area contributed by atoms with Crippen LogP contribution in [-0.2, 0) is 11.5 Å². The van der Waals surface area contributed by atoms with Crippen molar-refractivity contribution in [3.05, 3.63) is 52.9 Å². The summed E-state index contributed by atoms with van der Waals surface area (Å²) in [6, 6.07) is 7.85. The summed E-state index contributed by atoms with van der Waals surface area (Å²) in [7, 11) is 0. The van der Waals surface area contributed by atoms with Crippen molar-refractivity contribution in [1.82, 2.24) is 9.97 Å². The molecule has 0 aliphatic carbocycles. The van der Waals surface area contributed by atoms with Crippen LogP contribution in [0.25, 0.3) is 0 Å². The molecule has 0 spiro atoms. The minimum atomic E-state index is 0.565. The SMILES string of the molecule is NNc1cnc(CSCc2ccccc2Cl)cn1. The fourth-order valence-electron chi connectivity index (χ4n) is 1.38. The molecule has 2 aromatic rings. The standard InChI is InChI=1S/C12H13ClN4S/c13-11-4-2-1-3-9(11)7-18-8-10-5-16-12(17-14)6-15-10/h1-6H,7-8,14H2,(H,16,17). The van der Waals surface area contributed by atoms with Gasteiger partial charge >= 0.3 is 0 Å². The van der Waals surface area contributed by atoms with Crippen molar-refractivity contribution in [2.24, 2.45) is 5.84 Å². The number of nitrogens with zero attached hydrogens (tertiary/aromatic N) is 2. The zero-order valence-electron chi connectivity index (χ0n) is 9.64. The second-order valence-corrected chi connectivity index (χ2v) is 5.01. The molecule has 1 aromatic carbocycles. The molecule has 0 saturated carbocycles. The first-order valence-corrected chi connectivity index (χ1v) is 6.91. The Morgan fingerprint density at radius 3 is 2.67 bits per heavy atom. The minimum absolute atomic E-state index is 0.565. The van der Waals surface area contributed by atoms with Crippen LogP contribution in [0.4, 0.5) is 5.82 Å². The van der Waals surface area contributed by atoms with E-state index >= 15 is 0 Å². The maximum Gasteiger partial charge on any atom is 0.158 e. The highest BCUT2D eigenvalue weighted by atomic mass is 35.5. The molecule has 0 bridgehead atoms. The van der Waals surface area contributed by atoms with E-state index in [4.69, 9.17) is 17.4 Å². The smallest absolute Gasteiger partial charge is 0.158 e. The number of halogens is 1. The largest absolute Gasteiger partial charge is 0.307 e. The van der Waals surface area contributed by atoms with E-state index in [0.29, 0.717) is 5.82 Å². The molecule has 0 aliphatic rings. The predicted molar refractivity (Wildman–Crippen MR) is 76.3 cm³/mol. The number of thioether (sulfide) groups is 1. The quantitative estimate of drug-likeness (QED) is 0.651. The Hall–Kier alpha value is -1.30. The van der Waals surface area contributed by atoms with Crippen molar-refractivity contribution in [2.75, 3.05) is 5.43 Å².